The number of amides is 1. The standard InChI is InChI=1S/C15H30.C13H18F3N.C11H17NOS.C10H20N2O.C3H8.2C2H6/c1-3-5-7-11-14(10-4-2)15-12-8-6-9-13-15;1-5-9(3)10-6-8(2)7-11(12(10)17-4)13(14,15)16;1-3-5-9-7-14-8-10(9)12-11(13)6-4-2;1-10-3-5-12(6-4-10)9-11(2)7-8-13;1-3-2;2*1-2/h14-15H,3-13H2,1-2H3;6-7,9,17H,5H2,1-4H3;7-8H,3-6H2,1-2H3,(H,12,13);8,10H,3-7,9H2,1-2H3;3H2,1-2H3;2*1-2H3. The van der Waals surface area contributed by atoms with Crippen LogP contribution in [0.1, 0.15) is 234 Å². The maximum absolute atomic E-state index is 12.9. The van der Waals surface area contributed by atoms with Gasteiger partial charge in [-0.2, -0.15) is 13.2 Å². The number of alkyl halides is 3. The van der Waals surface area contributed by atoms with Crippen LogP contribution in [0.4, 0.5) is 24.5 Å². The first-order valence-electron chi connectivity index (χ1n) is 26.7. The molecule has 2 atom stereocenters. The maximum Gasteiger partial charge on any atom is 0.418 e. The van der Waals surface area contributed by atoms with E-state index in [2.05, 4.69) is 67.4 Å². The van der Waals surface area contributed by atoms with Gasteiger partial charge in [-0.1, -0.05) is 185 Å². The summed E-state index contributed by atoms with van der Waals surface area (Å²) in [7, 11) is 3.53. The number of hydrogen-bond acceptors (Lipinski definition) is 6. The van der Waals surface area contributed by atoms with Gasteiger partial charge >= 0.3 is 6.18 Å². The summed E-state index contributed by atoms with van der Waals surface area (Å²) >= 11 is 1.65. The molecule has 4 rings (SSSR count). The van der Waals surface area contributed by atoms with Crippen LogP contribution >= 0.6 is 11.3 Å². The zero-order valence-electron chi connectivity index (χ0n) is 45.7. The zero-order chi connectivity index (χ0) is 50.9. The van der Waals surface area contributed by atoms with E-state index in [0.29, 0.717) is 18.5 Å². The van der Waals surface area contributed by atoms with E-state index in [4.69, 9.17) is 0 Å². The number of anilines is 2. The third-order valence-corrected chi connectivity index (χ3v) is 12.7. The molecule has 2 aromatic rings. The van der Waals surface area contributed by atoms with E-state index in [-0.39, 0.29) is 17.5 Å². The number of benzene rings is 1. The van der Waals surface area contributed by atoms with Crippen molar-refractivity contribution in [3.8, 4) is 0 Å². The number of thiophene rings is 1. The molecule has 0 radical (unpaired) electrons. The lowest BCUT2D eigenvalue weighted by atomic mass is 9.76. The van der Waals surface area contributed by atoms with Crippen molar-refractivity contribution in [1.82, 2.24) is 9.80 Å². The topological polar surface area (TPSA) is 64.7 Å². The van der Waals surface area contributed by atoms with Gasteiger partial charge in [0.2, 0.25) is 5.91 Å². The smallest absolute Gasteiger partial charge is 0.387 e. The Morgan fingerprint density at radius 1 is 0.879 bits per heavy atom. The fraction of sp³-hybridized carbons (Fsp3) is 0.786. The summed E-state index contributed by atoms with van der Waals surface area (Å²) in [6, 6.07) is 3.02. The molecule has 0 bridgehead atoms. The Kier molecular flexibility index (Phi) is 45.0. The lowest BCUT2D eigenvalue weighted by molar-refractivity contribution is -0.137. The Hall–Kier alpha value is -2.43. The van der Waals surface area contributed by atoms with E-state index < -0.39 is 11.7 Å². The van der Waals surface area contributed by atoms with Crippen LogP contribution in [0.2, 0.25) is 0 Å². The van der Waals surface area contributed by atoms with Gasteiger partial charge in [0.1, 0.15) is 6.29 Å². The molecule has 10 heteroatoms. The summed E-state index contributed by atoms with van der Waals surface area (Å²) < 4.78 is 38.8. The number of piperidine rings is 1. The van der Waals surface area contributed by atoms with Crippen LogP contribution < -0.4 is 10.6 Å². The molecule has 1 aliphatic carbocycles. The Morgan fingerprint density at radius 3 is 1.97 bits per heavy atom. The molecule has 2 unspecified atom stereocenters. The van der Waals surface area contributed by atoms with E-state index in [9.17, 15) is 22.8 Å². The average molecular weight is 956 g/mol. The molecule has 2 fully saturated rings. The van der Waals surface area contributed by atoms with Gasteiger partial charge < -0.3 is 15.4 Å². The number of hydrogen-bond donors (Lipinski definition) is 2. The summed E-state index contributed by atoms with van der Waals surface area (Å²) in [5, 5.41) is 9.77. The summed E-state index contributed by atoms with van der Waals surface area (Å²) in [6.07, 6.45) is 21.3. The summed E-state index contributed by atoms with van der Waals surface area (Å²) in [6.45, 7) is 32.9. The first-order valence-corrected chi connectivity index (χ1v) is 27.6. The Labute approximate surface area is 410 Å². The number of aryl methyl sites for hydroxylation is 2. The fourth-order valence-electron chi connectivity index (χ4n) is 8.24. The van der Waals surface area contributed by atoms with Crippen molar-refractivity contribution < 1.29 is 22.8 Å². The second kappa shape index (κ2) is 43.8. The Bertz CT molecular complexity index is 1400. The molecule has 1 aromatic carbocycles. The highest BCUT2D eigenvalue weighted by atomic mass is 32.1. The fourth-order valence-corrected chi connectivity index (χ4v) is 9.06. The van der Waals surface area contributed by atoms with Crippen molar-refractivity contribution in [2.45, 2.75) is 231 Å². The summed E-state index contributed by atoms with van der Waals surface area (Å²) in [5.74, 6) is 3.28. The lowest BCUT2D eigenvalue weighted by Crippen LogP contribution is -2.41. The number of halogens is 3. The Morgan fingerprint density at radius 2 is 1.48 bits per heavy atom. The predicted molar refractivity (Wildman–Crippen MR) is 288 cm³/mol. The minimum absolute atomic E-state index is 0.110. The van der Waals surface area contributed by atoms with Gasteiger partial charge in [-0.05, 0) is 105 Å². The molecule has 388 valence electrons. The molecule has 1 saturated heterocycles. The number of nitrogens with one attached hydrogen (secondary N) is 2. The van der Waals surface area contributed by atoms with Crippen LogP contribution in [0, 0.1) is 24.7 Å². The molecule has 66 heavy (non-hydrogen) atoms. The van der Waals surface area contributed by atoms with Crippen molar-refractivity contribution in [3.63, 3.8) is 0 Å². The largest absolute Gasteiger partial charge is 0.418 e. The highest BCUT2D eigenvalue weighted by Gasteiger charge is 2.35. The second-order valence-corrected chi connectivity index (χ2v) is 18.7. The molecular weight excluding hydrogens is 850 g/mol. The number of aldehydes is 1. The van der Waals surface area contributed by atoms with Crippen LogP contribution in [0.25, 0.3) is 0 Å². The van der Waals surface area contributed by atoms with Crippen molar-refractivity contribution in [2.75, 3.05) is 51.0 Å². The van der Waals surface area contributed by atoms with E-state index in [1.807, 2.05) is 67.0 Å². The van der Waals surface area contributed by atoms with Crippen molar-refractivity contribution in [1.29, 1.82) is 0 Å². The summed E-state index contributed by atoms with van der Waals surface area (Å²) in [5.41, 5.74) is 3.29. The van der Waals surface area contributed by atoms with Crippen molar-refractivity contribution in [2.24, 2.45) is 17.8 Å². The van der Waals surface area contributed by atoms with E-state index in [0.717, 1.165) is 67.6 Å². The lowest BCUT2D eigenvalue weighted by Gasteiger charge is -2.32. The van der Waals surface area contributed by atoms with Gasteiger partial charge in [0.05, 0.1) is 24.5 Å². The first kappa shape index (κ1) is 67.8. The molecular formula is C56H105F3N4O2S. The highest BCUT2D eigenvalue weighted by molar-refractivity contribution is 7.08. The average Bonchev–Trinajstić information content (AvgIpc) is 3.74. The van der Waals surface area contributed by atoms with Crippen LogP contribution in [-0.2, 0) is 22.2 Å². The molecule has 2 heterocycles. The van der Waals surface area contributed by atoms with E-state index in [1.165, 1.54) is 122 Å². The minimum atomic E-state index is -4.31. The van der Waals surface area contributed by atoms with Crippen LogP contribution in [-0.4, -0.2) is 62.4 Å². The monoisotopic (exact) mass is 955 g/mol. The van der Waals surface area contributed by atoms with Gasteiger partial charge in [-0.25, -0.2) is 0 Å². The van der Waals surface area contributed by atoms with Crippen molar-refractivity contribution in [3.05, 3.63) is 45.1 Å². The van der Waals surface area contributed by atoms with Gasteiger partial charge in [0.15, 0.2) is 0 Å². The third kappa shape index (κ3) is 31.6. The van der Waals surface area contributed by atoms with Gasteiger partial charge in [0.25, 0.3) is 0 Å². The molecule has 6 nitrogen and oxygen atoms in total. The number of carbonyl (C=O) groups excluding carboxylic acids is 2. The van der Waals surface area contributed by atoms with E-state index in [1.54, 1.807) is 18.3 Å². The minimum Gasteiger partial charge on any atom is -0.387 e. The molecule has 1 aromatic heterocycles. The third-order valence-electron chi connectivity index (χ3n) is 11.9. The molecule has 1 saturated carbocycles. The number of carbonyl (C=O) groups is 2. The first-order chi connectivity index (χ1) is 31.6. The molecule has 2 aliphatic rings. The van der Waals surface area contributed by atoms with Gasteiger partial charge in [-0.3, -0.25) is 14.6 Å². The maximum atomic E-state index is 12.9. The number of rotatable bonds is 19. The van der Waals surface area contributed by atoms with Crippen molar-refractivity contribution >= 4 is 34.9 Å². The van der Waals surface area contributed by atoms with Gasteiger partial charge in [-0.15, -0.1) is 11.3 Å². The molecule has 1 amide bonds. The number of likely N-dealkylation sites (tertiary alicyclic amines) is 1. The normalized spacial score (nSPS) is 14.8. The number of nitrogens with zero attached hydrogens (tertiary/aromatic N) is 2. The number of unbranched alkanes of at least 4 members (excludes halogenated alkanes) is 2. The summed E-state index contributed by atoms with van der Waals surface area (Å²) in [4.78, 5) is 26.1. The predicted octanol–water partition coefficient (Wildman–Crippen LogP) is 17.8. The highest BCUT2D eigenvalue weighted by Crippen LogP contribution is 2.40. The molecule has 1 aliphatic heterocycles. The zero-order valence-corrected chi connectivity index (χ0v) is 46.5. The van der Waals surface area contributed by atoms with Crippen LogP contribution in [0.5, 0.6) is 0 Å². The second-order valence-electron chi connectivity index (χ2n) is 18.0. The molecule has 0 spiro atoms. The quantitative estimate of drug-likeness (QED) is 0.108. The Balaban J connectivity index is -0.000000768. The number of likely N-dealkylation sites (N-methyl/N-ethyl adjacent to an activating group) is 1. The van der Waals surface area contributed by atoms with Crippen LogP contribution in [0.15, 0.2) is 22.9 Å². The van der Waals surface area contributed by atoms with E-state index >= 15 is 0 Å². The van der Waals surface area contributed by atoms with Gasteiger partial charge in [0, 0.05) is 24.5 Å². The molecule has 2 N–H and O–H groups in total. The van der Waals surface area contributed by atoms with Crippen LogP contribution in [0.3, 0.4) is 0 Å². The SMILES string of the molecule is CC.CC.CC1CCN(CN(C)CC=O)CC1.CCC.CCC(C)c1cc(C)cc(C(F)(F)F)c1NC.CCCC(=O)Nc1cscc1CCC.CCCCCC(CCC)C1CCCCC1.